The topological polar surface area (TPSA) is 75.4 Å². The van der Waals surface area contributed by atoms with Gasteiger partial charge in [-0.3, -0.25) is 14.3 Å². The van der Waals surface area contributed by atoms with Crippen LogP contribution in [0.3, 0.4) is 0 Å². The Labute approximate surface area is 182 Å². The lowest BCUT2D eigenvalue weighted by atomic mass is 9.78. The molecule has 1 saturated heterocycles. The van der Waals surface area contributed by atoms with E-state index >= 15 is 0 Å². The molecule has 3 atom stereocenters. The number of rotatable bonds is 3. The highest BCUT2D eigenvalue weighted by Gasteiger charge is 2.48. The first-order chi connectivity index (χ1) is 15.4. The lowest BCUT2D eigenvalue weighted by Crippen LogP contribution is -2.51. The minimum absolute atomic E-state index is 0.165. The van der Waals surface area contributed by atoms with Crippen LogP contribution in [0.5, 0.6) is 5.75 Å². The summed E-state index contributed by atoms with van der Waals surface area (Å²) in [5.41, 5.74) is 0.934. The summed E-state index contributed by atoms with van der Waals surface area (Å²) in [6.45, 7) is 2.17. The van der Waals surface area contributed by atoms with Gasteiger partial charge in [0.2, 0.25) is 5.43 Å². The van der Waals surface area contributed by atoms with E-state index in [2.05, 4.69) is 5.10 Å². The van der Waals surface area contributed by atoms with Crippen LogP contribution in [-0.2, 0) is 0 Å². The fourth-order valence-corrected chi connectivity index (χ4v) is 5.14. The summed E-state index contributed by atoms with van der Waals surface area (Å²) in [7, 11) is 0. The highest BCUT2D eigenvalue weighted by atomic mass is 19.1. The molecule has 1 N–H and O–H groups in total. The summed E-state index contributed by atoms with van der Waals surface area (Å²) in [5.74, 6) is -2.36. The van der Waals surface area contributed by atoms with Crippen LogP contribution in [0.4, 0.5) is 8.78 Å². The van der Waals surface area contributed by atoms with Crippen molar-refractivity contribution in [3.05, 3.63) is 92.9 Å². The van der Waals surface area contributed by atoms with Crippen LogP contribution in [0.1, 0.15) is 52.0 Å². The summed E-state index contributed by atoms with van der Waals surface area (Å²) in [4.78, 5) is 26.9. The highest BCUT2D eigenvalue weighted by Crippen LogP contribution is 2.46. The normalized spacial score (nSPS) is 20.7. The first-order valence-electron chi connectivity index (χ1n) is 10.5. The van der Waals surface area contributed by atoms with E-state index < -0.39 is 34.9 Å². The Hall–Kier alpha value is -3.55. The van der Waals surface area contributed by atoms with E-state index in [-0.39, 0.29) is 17.6 Å². The van der Waals surface area contributed by atoms with Crippen molar-refractivity contribution >= 4 is 5.91 Å². The van der Waals surface area contributed by atoms with Crippen molar-refractivity contribution in [2.45, 2.75) is 37.8 Å². The van der Waals surface area contributed by atoms with Crippen LogP contribution in [0.2, 0.25) is 0 Å². The largest absolute Gasteiger partial charge is 0.502 e. The van der Waals surface area contributed by atoms with Gasteiger partial charge in [-0.2, -0.15) is 5.10 Å². The van der Waals surface area contributed by atoms with E-state index in [4.69, 9.17) is 0 Å². The van der Waals surface area contributed by atoms with Crippen LogP contribution in [0.15, 0.2) is 53.5 Å². The number of fused-ring (bicyclic) bond motifs is 2. The molecule has 5 rings (SSSR count). The Morgan fingerprint density at radius 1 is 1.12 bits per heavy atom. The molecule has 32 heavy (non-hydrogen) atoms. The summed E-state index contributed by atoms with van der Waals surface area (Å²) in [6.07, 6.45) is 2.44. The molecular weight excluding hydrogens is 416 g/mol. The quantitative estimate of drug-likeness (QED) is 0.680. The third-order valence-electron chi connectivity index (χ3n) is 6.64. The zero-order valence-electron chi connectivity index (χ0n) is 17.3. The molecule has 2 aliphatic rings. The third kappa shape index (κ3) is 3.01. The molecule has 0 spiro atoms. The summed E-state index contributed by atoms with van der Waals surface area (Å²) >= 11 is 0. The number of halogens is 2. The van der Waals surface area contributed by atoms with Gasteiger partial charge in [0, 0.05) is 12.5 Å². The van der Waals surface area contributed by atoms with Crippen molar-refractivity contribution in [2.24, 2.45) is 0 Å². The maximum atomic E-state index is 14.6. The molecule has 0 radical (unpaired) electrons. The van der Waals surface area contributed by atoms with Gasteiger partial charge in [-0.1, -0.05) is 24.3 Å². The average molecular weight is 437 g/mol. The smallest absolute Gasteiger partial charge is 0.276 e. The van der Waals surface area contributed by atoms with E-state index in [9.17, 15) is 23.5 Å². The number of aromatic hydroxyl groups is 1. The highest BCUT2D eigenvalue weighted by molar-refractivity contribution is 5.96. The summed E-state index contributed by atoms with van der Waals surface area (Å²) in [5, 5.41) is 14.7. The summed E-state index contributed by atoms with van der Waals surface area (Å²) in [6, 6.07) is 9.97. The maximum Gasteiger partial charge on any atom is 0.276 e. The van der Waals surface area contributed by atoms with E-state index in [1.165, 1.54) is 22.9 Å². The number of carbonyl (C=O) groups excluding carboxylic acids is 1. The third-order valence-corrected chi connectivity index (χ3v) is 6.64. The van der Waals surface area contributed by atoms with Gasteiger partial charge in [-0.15, -0.1) is 0 Å². The van der Waals surface area contributed by atoms with Crippen LogP contribution >= 0.6 is 0 Å². The molecule has 0 aliphatic carbocycles. The molecule has 0 saturated carbocycles. The number of benzene rings is 2. The Bertz CT molecular complexity index is 1270. The number of aromatic nitrogens is 2. The predicted octanol–water partition coefficient (Wildman–Crippen LogP) is 3.53. The van der Waals surface area contributed by atoms with Gasteiger partial charge in [0.15, 0.2) is 11.4 Å². The van der Waals surface area contributed by atoms with Gasteiger partial charge in [0.25, 0.3) is 5.91 Å². The van der Waals surface area contributed by atoms with Gasteiger partial charge in [0.05, 0.1) is 18.3 Å². The number of hydrogen-bond donors (Lipinski definition) is 1. The second-order valence-electron chi connectivity index (χ2n) is 8.33. The van der Waals surface area contributed by atoms with Crippen molar-refractivity contribution in [1.82, 2.24) is 14.7 Å². The molecule has 2 aromatic carbocycles. The SMILES string of the molecule is Cc1c(F)cccc1[C@@H](c1ccc(F)cc1)[C@H]1[C@H]2CCCN2C(=O)c2c(O)c(=O)cnn21. The zero-order chi connectivity index (χ0) is 22.6. The fourth-order valence-electron chi connectivity index (χ4n) is 5.14. The minimum atomic E-state index is -0.735. The van der Waals surface area contributed by atoms with Crippen molar-refractivity contribution < 1.29 is 18.7 Å². The van der Waals surface area contributed by atoms with Crippen molar-refractivity contribution in [3.8, 4) is 5.75 Å². The molecule has 3 heterocycles. The molecule has 8 heteroatoms. The van der Waals surface area contributed by atoms with Crippen LogP contribution < -0.4 is 5.43 Å². The molecule has 1 fully saturated rings. The Morgan fingerprint density at radius 3 is 2.62 bits per heavy atom. The van der Waals surface area contributed by atoms with E-state index in [0.717, 1.165) is 18.2 Å². The van der Waals surface area contributed by atoms with Gasteiger partial charge in [0.1, 0.15) is 11.6 Å². The van der Waals surface area contributed by atoms with Gasteiger partial charge < -0.3 is 10.0 Å². The van der Waals surface area contributed by atoms with E-state index in [0.29, 0.717) is 24.1 Å². The van der Waals surface area contributed by atoms with E-state index in [1.54, 1.807) is 30.0 Å². The molecule has 164 valence electrons. The molecule has 0 bridgehead atoms. The number of nitrogens with zero attached hydrogens (tertiary/aromatic N) is 3. The predicted molar refractivity (Wildman–Crippen MR) is 113 cm³/mol. The average Bonchev–Trinajstić information content (AvgIpc) is 3.27. The van der Waals surface area contributed by atoms with Gasteiger partial charge in [-0.05, 0) is 54.7 Å². The van der Waals surface area contributed by atoms with Crippen LogP contribution in [-0.4, -0.2) is 38.3 Å². The first kappa shape index (κ1) is 20.4. The Balaban J connectivity index is 1.81. The summed E-state index contributed by atoms with van der Waals surface area (Å²) < 4.78 is 29.8. The van der Waals surface area contributed by atoms with E-state index in [1.807, 2.05) is 6.07 Å². The first-order valence-corrected chi connectivity index (χ1v) is 10.5. The molecule has 3 aromatic rings. The molecule has 6 nitrogen and oxygen atoms in total. The van der Waals surface area contributed by atoms with Crippen molar-refractivity contribution in [1.29, 1.82) is 0 Å². The Kier molecular flexibility index (Phi) is 4.80. The van der Waals surface area contributed by atoms with Crippen LogP contribution in [0.25, 0.3) is 0 Å². The lowest BCUT2D eigenvalue weighted by molar-refractivity contribution is 0.0565. The van der Waals surface area contributed by atoms with Gasteiger partial charge >= 0.3 is 0 Å². The minimum Gasteiger partial charge on any atom is -0.502 e. The van der Waals surface area contributed by atoms with Crippen LogP contribution in [0, 0.1) is 18.6 Å². The molecule has 2 aliphatic heterocycles. The number of amides is 1. The second-order valence-corrected chi connectivity index (χ2v) is 8.33. The lowest BCUT2D eigenvalue weighted by Gasteiger charge is -2.43. The monoisotopic (exact) mass is 437 g/mol. The molecular formula is C24H21F2N3O3. The standard InChI is InChI=1S/C24H21F2N3O3/c1-13-16(4-2-5-17(13)26)20(14-7-9-15(25)10-8-14)21-18-6-3-11-28(18)24(32)22-23(31)19(30)12-27-29(21)22/h2,4-5,7-10,12,18,20-21,31H,3,6,11H2,1H3/t18-,20-,21-/m1/s1. The fraction of sp³-hybridized carbons (Fsp3) is 0.292. The van der Waals surface area contributed by atoms with Crippen molar-refractivity contribution in [3.63, 3.8) is 0 Å². The number of hydrogen-bond acceptors (Lipinski definition) is 4. The van der Waals surface area contributed by atoms with Gasteiger partial charge in [-0.25, -0.2) is 8.78 Å². The Morgan fingerprint density at radius 2 is 1.88 bits per heavy atom. The zero-order valence-corrected chi connectivity index (χ0v) is 17.3. The molecule has 0 unspecified atom stereocenters. The molecule has 1 amide bonds. The molecule has 1 aromatic heterocycles. The second kappa shape index (κ2) is 7.55. The number of carbonyl (C=O) groups is 1. The maximum absolute atomic E-state index is 14.6. The van der Waals surface area contributed by atoms with Crippen molar-refractivity contribution in [2.75, 3.05) is 6.54 Å².